The van der Waals surface area contributed by atoms with Gasteiger partial charge in [-0.1, -0.05) is 0 Å². The summed E-state index contributed by atoms with van der Waals surface area (Å²) in [6, 6.07) is 4.58. The fraction of sp³-hybridized carbons (Fsp3) is 0.0714. The molecule has 0 spiro atoms. The number of rotatable bonds is 2. The second-order valence-electron chi connectivity index (χ2n) is 4.87. The van der Waals surface area contributed by atoms with Crippen LogP contribution in [0.2, 0.25) is 0 Å². The summed E-state index contributed by atoms with van der Waals surface area (Å²) in [5, 5.41) is 20.2. The number of phenolic OH excluding ortho intramolecular Hbond substituents is 2. The first-order valence-electron chi connectivity index (χ1n) is 6.26. The molecule has 120 valence electrons. The van der Waals surface area contributed by atoms with Gasteiger partial charge in [-0.05, 0) is 24.4 Å². The van der Waals surface area contributed by atoms with Crippen LogP contribution in [0.3, 0.4) is 0 Å². The number of aryl methyl sites for hydroxylation is 1. The molecule has 1 heterocycles. The molecule has 23 heavy (non-hydrogen) atoms. The van der Waals surface area contributed by atoms with E-state index < -0.39 is 27.3 Å². The molecule has 0 amide bonds. The summed E-state index contributed by atoms with van der Waals surface area (Å²) in [5.41, 5.74) is -0.427. The van der Waals surface area contributed by atoms with Crippen LogP contribution < -0.4 is 9.61 Å². The third kappa shape index (κ3) is 2.67. The molecular weight excluding hydrogens is 328 g/mol. The Morgan fingerprint density at radius 1 is 1.09 bits per heavy atom. The molecule has 8 nitrogen and oxygen atoms in total. The Morgan fingerprint density at radius 3 is 2.43 bits per heavy atom. The van der Waals surface area contributed by atoms with Crippen molar-refractivity contribution in [2.45, 2.75) is 6.92 Å². The molecule has 9 heteroatoms. The Labute approximate surface area is 129 Å². The minimum atomic E-state index is -4.78. The molecule has 1 aromatic heterocycles. The van der Waals surface area contributed by atoms with E-state index in [9.17, 15) is 23.4 Å². The van der Waals surface area contributed by atoms with Crippen molar-refractivity contribution in [2.75, 3.05) is 0 Å². The maximum atomic E-state index is 12.0. The van der Waals surface area contributed by atoms with Gasteiger partial charge in [-0.2, -0.15) is 8.42 Å². The normalized spacial score (nSPS) is 11.9. The minimum Gasteiger partial charge on any atom is -0.507 e. The zero-order chi connectivity index (χ0) is 16.9. The van der Waals surface area contributed by atoms with E-state index in [1.165, 1.54) is 12.1 Å². The molecule has 0 radical (unpaired) electrons. The van der Waals surface area contributed by atoms with E-state index in [4.69, 9.17) is 8.97 Å². The number of phenols is 2. The van der Waals surface area contributed by atoms with E-state index in [0.29, 0.717) is 5.76 Å². The summed E-state index contributed by atoms with van der Waals surface area (Å²) in [5.74, 6) is -1.08. The van der Waals surface area contributed by atoms with E-state index in [-0.39, 0.29) is 27.5 Å². The van der Waals surface area contributed by atoms with Crippen molar-refractivity contribution in [3.05, 3.63) is 40.2 Å². The van der Waals surface area contributed by atoms with Crippen molar-refractivity contribution in [1.82, 2.24) is 0 Å². The molecule has 0 aliphatic heterocycles. The molecule has 0 atom stereocenters. The van der Waals surface area contributed by atoms with Gasteiger partial charge < -0.3 is 18.8 Å². The standard InChI is InChI=1S/C14H10O8S/c1-6-2-9(15)13-11(21-6)4-7-3-8(22-23(18,19)20)5-10(16)12(7)14(13)17/h2-5,16-17H,1H3,(H,18,19,20). The first-order valence-corrected chi connectivity index (χ1v) is 7.62. The average Bonchev–Trinajstić information content (AvgIpc) is 2.34. The molecule has 3 N–H and O–H groups in total. The zero-order valence-electron chi connectivity index (χ0n) is 11.6. The minimum absolute atomic E-state index is 0.0587. The van der Waals surface area contributed by atoms with E-state index in [1.54, 1.807) is 6.92 Å². The molecular formula is C14H10O8S. The molecule has 0 saturated heterocycles. The smallest absolute Gasteiger partial charge is 0.446 e. The molecule has 0 bridgehead atoms. The fourth-order valence-corrected chi connectivity index (χ4v) is 2.74. The molecule has 0 aliphatic rings. The largest absolute Gasteiger partial charge is 0.507 e. The van der Waals surface area contributed by atoms with Gasteiger partial charge in [0.2, 0.25) is 0 Å². The van der Waals surface area contributed by atoms with Gasteiger partial charge in [0.15, 0.2) is 5.43 Å². The van der Waals surface area contributed by atoms with Crippen LogP contribution in [-0.4, -0.2) is 23.2 Å². The van der Waals surface area contributed by atoms with Crippen molar-refractivity contribution in [2.24, 2.45) is 0 Å². The average molecular weight is 338 g/mol. The SMILES string of the molecule is Cc1cc(=O)c2c(O)c3c(O)cc(OS(=O)(=O)O)cc3cc2o1. The van der Waals surface area contributed by atoms with Crippen molar-refractivity contribution in [3.8, 4) is 17.2 Å². The Hall–Kier alpha value is -2.78. The van der Waals surface area contributed by atoms with Gasteiger partial charge in [-0.25, -0.2) is 0 Å². The van der Waals surface area contributed by atoms with Crippen molar-refractivity contribution in [1.29, 1.82) is 0 Å². The third-order valence-electron chi connectivity index (χ3n) is 3.18. The lowest BCUT2D eigenvalue weighted by Gasteiger charge is -2.09. The maximum Gasteiger partial charge on any atom is 0.446 e. The first kappa shape index (κ1) is 15.1. The van der Waals surface area contributed by atoms with Gasteiger partial charge in [-0.3, -0.25) is 9.35 Å². The molecule has 0 fully saturated rings. The first-order chi connectivity index (χ1) is 10.7. The third-order valence-corrected chi connectivity index (χ3v) is 3.58. The second-order valence-corrected chi connectivity index (χ2v) is 5.89. The topological polar surface area (TPSA) is 134 Å². The van der Waals surface area contributed by atoms with Gasteiger partial charge in [-0.15, -0.1) is 0 Å². The monoisotopic (exact) mass is 338 g/mol. The van der Waals surface area contributed by atoms with Crippen molar-refractivity contribution < 1.29 is 31.8 Å². The summed E-state index contributed by atoms with van der Waals surface area (Å²) in [7, 11) is -4.78. The van der Waals surface area contributed by atoms with Gasteiger partial charge in [0.05, 0.1) is 5.39 Å². The Morgan fingerprint density at radius 2 is 1.78 bits per heavy atom. The highest BCUT2D eigenvalue weighted by Gasteiger charge is 2.17. The van der Waals surface area contributed by atoms with Gasteiger partial charge in [0.1, 0.15) is 34.0 Å². The predicted molar refractivity (Wildman–Crippen MR) is 80.2 cm³/mol. The summed E-state index contributed by atoms with van der Waals surface area (Å²) in [4.78, 5) is 12.0. The van der Waals surface area contributed by atoms with E-state index in [0.717, 1.165) is 12.1 Å². The highest BCUT2D eigenvalue weighted by Crippen LogP contribution is 2.40. The second kappa shape index (κ2) is 4.86. The summed E-state index contributed by atoms with van der Waals surface area (Å²) < 4.78 is 39.9. The highest BCUT2D eigenvalue weighted by molar-refractivity contribution is 7.81. The quantitative estimate of drug-likeness (QED) is 0.476. The molecule has 0 saturated carbocycles. The molecule has 0 aliphatic carbocycles. The Kier molecular flexibility index (Phi) is 3.20. The van der Waals surface area contributed by atoms with Crippen LogP contribution in [0.5, 0.6) is 17.2 Å². The lowest BCUT2D eigenvalue weighted by molar-refractivity contribution is 0.386. The maximum absolute atomic E-state index is 12.0. The Balaban J connectivity index is 2.42. The van der Waals surface area contributed by atoms with Crippen LogP contribution in [0, 0.1) is 6.92 Å². The predicted octanol–water partition coefficient (Wildman–Crippen LogP) is 1.85. The fourth-order valence-electron chi connectivity index (χ4n) is 2.40. The van der Waals surface area contributed by atoms with Gasteiger partial charge in [0, 0.05) is 12.1 Å². The number of fused-ring (bicyclic) bond motifs is 2. The van der Waals surface area contributed by atoms with Crippen LogP contribution in [0.1, 0.15) is 5.76 Å². The van der Waals surface area contributed by atoms with Crippen molar-refractivity contribution >= 4 is 32.1 Å². The van der Waals surface area contributed by atoms with Crippen molar-refractivity contribution in [3.63, 3.8) is 0 Å². The number of hydrogen-bond donors (Lipinski definition) is 3. The summed E-state index contributed by atoms with van der Waals surface area (Å²) >= 11 is 0. The van der Waals surface area contributed by atoms with E-state index in [1.807, 2.05) is 0 Å². The highest BCUT2D eigenvalue weighted by atomic mass is 32.3. The Bertz CT molecular complexity index is 1110. The molecule has 3 aromatic rings. The number of hydrogen-bond acceptors (Lipinski definition) is 7. The van der Waals surface area contributed by atoms with Gasteiger partial charge in [0.25, 0.3) is 0 Å². The molecule has 2 aromatic carbocycles. The lowest BCUT2D eigenvalue weighted by Crippen LogP contribution is -2.06. The van der Waals surface area contributed by atoms with Crippen LogP contribution in [-0.2, 0) is 10.4 Å². The van der Waals surface area contributed by atoms with Crippen LogP contribution in [0.15, 0.2) is 33.5 Å². The zero-order valence-corrected chi connectivity index (χ0v) is 12.4. The molecule has 3 rings (SSSR count). The van der Waals surface area contributed by atoms with Crippen LogP contribution in [0.25, 0.3) is 21.7 Å². The van der Waals surface area contributed by atoms with E-state index >= 15 is 0 Å². The lowest BCUT2D eigenvalue weighted by atomic mass is 10.0. The summed E-state index contributed by atoms with van der Waals surface area (Å²) in [6.07, 6.45) is 0. The van der Waals surface area contributed by atoms with Crippen LogP contribution >= 0.6 is 0 Å². The summed E-state index contributed by atoms with van der Waals surface area (Å²) in [6.45, 7) is 1.55. The molecule has 0 unspecified atom stereocenters. The van der Waals surface area contributed by atoms with Crippen LogP contribution in [0.4, 0.5) is 0 Å². The van der Waals surface area contributed by atoms with E-state index in [2.05, 4.69) is 4.18 Å². The number of benzene rings is 2. The number of aromatic hydroxyl groups is 2. The van der Waals surface area contributed by atoms with Gasteiger partial charge >= 0.3 is 10.4 Å².